The van der Waals surface area contributed by atoms with Crippen LogP contribution >= 0.6 is 0 Å². The molecule has 6 heteroatoms. The van der Waals surface area contributed by atoms with Crippen LogP contribution in [0.1, 0.15) is 31.9 Å². The van der Waals surface area contributed by atoms with Crippen LogP contribution < -0.4 is 11.1 Å². The molecule has 3 nitrogen and oxygen atoms in total. The van der Waals surface area contributed by atoms with E-state index in [1.807, 2.05) is 0 Å². The Morgan fingerprint density at radius 3 is 2.15 bits per heavy atom. The summed E-state index contributed by atoms with van der Waals surface area (Å²) >= 11 is 0. The molecule has 0 aliphatic rings. The van der Waals surface area contributed by atoms with E-state index in [-0.39, 0.29) is 5.91 Å². The van der Waals surface area contributed by atoms with Gasteiger partial charge in [-0.1, -0.05) is 12.1 Å². The van der Waals surface area contributed by atoms with Gasteiger partial charge in [-0.15, -0.1) is 0 Å². The summed E-state index contributed by atoms with van der Waals surface area (Å²) in [7, 11) is 0. The Labute approximate surface area is 116 Å². The molecule has 1 unspecified atom stereocenters. The molecule has 0 saturated heterocycles. The van der Waals surface area contributed by atoms with Crippen LogP contribution in [0.4, 0.5) is 13.2 Å². The molecule has 1 amide bonds. The lowest BCUT2D eigenvalue weighted by Crippen LogP contribution is -2.50. The van der Waals surface area contributed by atoms with E-state index in [1.165, 1.54) is 12.1 Å². The third kappa shape index (κ3) is 4.85. The van der Waals surface area contributed by atoms with Crippen molar-refractivity contribution >= 4 is 5.91 Å². The Hall–Kier alpha value is -1.56. The van der Waals surface area contributed by atoms with Gasteiger partial charge in [0.25, 0.3) is 0 Å². The van der Waals surface area contributed by atoms with Crippen molar-refractivity contribution in [2.75, 3.05) is 0 Å². The minimum atomic E-state index is -4.34. The highest BCUT2D eigenvalue weighted by Gasteiger charge is 2.30. The van der Waals surface area contributed by atoms with Gasteiger partial charge in [0.1, 0.15) is 0 Å². The van der Waals surface area contributed by atoms with Gasteiger partial charge in [-0.2, -0.15) is 13.2 Å². The molecule has 0 fully saturated rings. The number of alkyl halides is 3. The van der Waals surface area contributed by atoms with Crippen LogP contribution in [0.2, 0.25) is 0 Å². The van der Waals surface area contributed by atoms with Crippen LogP contribution in [0, 0.1) is 0 Å². The molecule has 112 valence electrons. The van der Waals surface area contributed by atoms with Gasteiger partial charge in [-0.3, -0.25) is 4.79 Å². The fourth-order valence-corrected chi connectivity index (χ4v) is 1.81. The van der Waals surface area contributed by atoms with Gasteiger partial charge in [0.2, 0.25) is 5.91 Å². The number of rotatable bonds is 4. The van der Waals surface area contributed by atoms with Crippen molar-refractivity contribution in [1.82, 2.24) is 5.32 Å². The first-order valence-corrected chi connectivity index (χ1v) is 6.25. The molecule has 1 aromatic rings. The zero-order valence-corrected chi connectivity index (χ0v) is 11.7. The van der Waals surface area contributed by atoms with Gasteiger partial charge in [0.15, 0.2) is 0 Å². The quantitative estimate of drug-likeness (QED) is 0.894. The molecule has 0 aliphatic carbocycles. The van der Waals surface area contributed by atoms with E-state index in [0.29, 0.717) is 12.0 Å². The number of nitrogens with two attached hydrogens (primary N) is 1. The van der Waals surface area contributed by atoms with E-state index in [2.05, 4.69) is 5.32 Å². The number of halogens is 3. The minimum Gasteiger partial charge on any atom is -0.350 e. The van der Waals surface area contributed by atoms with E-state index in [9.17, 15) is 18.0 Å². The first-order valence-electron chi connectivity index (χ1n) is 6.25. The molecule has 0 aromatic heterocycles. The van der Waals surface area contributed by atoms with Gasteiger partial charge in [-0.25, -0.2) is 0 Å². The average Bonchev–Trinajstić information content (AvgIpc) is 2.26. The third-order valence-corrected chi connectivity index (χ3v) is 2.80. The smallest absolute Gasteiger partial charge is 0.350 e. The first-order chi connectivity index (χ1) is 9.01. The zero-order chi connectivity index (χ0) is 15.6. The minimum absolute atomic E-state index is 0.290. The fraction of sp³-hybridized carbons (Fsp3) is 0.500. The summed E-state index contributed by atoms with van der Waals surface area (Å²) in [4.78, 5) is 11.5. The topological polar surface area (TPSA) is 55.1 Å². The Morgan fingerprint density at radius 1 is 1.25 bits per heavy atom. The van der Waals surface area contributed by atoms with E-state index in [1.54, 1.807) is 20.8 Å². The zero-order valence-electron chi connectivity index (χ0n) is 11.7. The fourth-order valence-electron chi connectivity index (χ4n) is 1.81. The number of carbonyl (C=O) groups excluding carboxylic acids is 1. The summed E-state index contributed by atoms with van der Waals surface area (Å²) in [5.41, 5.74) is 4.92. The molecule has 0 aliphatic heterocycles. The van der Waals surface area contributed by atoms with E-state index in [4.69, 9.17) is 5.73 Å². The summed E-state index contributed by atoms with van der Waals surface area (Å²) < 4.78 is 37.3. The second-order valence-corrected chi connectivity index (χ2v) is 5.53. The number of hydrogen-bond acceptors (Lipinski definition) is 2. The number of hydrogen-bond donors (Lipinski definition) is 2. The lowest BCUT2D eigenvalue weighted by molar-refractivity contribution is -0.137. The maximum atomic E-state index is 12.4. The van der Waals surface area contributed by atoms with Crippen LogP contribution in [-0.4, -0.2) is 17.5 Å². The Balaban J connectivity index is 2.75. The lowest BCUT2D eigenvalue weighted by Gasteiger charge is -2.27. The van der Waals surface area contributed by atoms with Crippen molar-refractivity contribution in [3.05, 3.63) is 35.4 Å². The third-order valence-electron chi connectivity index (χ3n) is 2.80. The number of carbonyl (C=O) groups is 1. The Morgan fingerprint density at radius 2 is 1.75 bits per heavy atom. The molecule has 0 bridgehead atoms. The van der Waals surface area contributed by atoms with Crippen LogP contribution in [0.5, 0.6) is 0 Å². The Bertz CT molecular complexity index is 464. The maximum Gasteiger partial charge on any atom is 0.416 e. The van der Waals surface area contributed by atoms with E-state index in [0.717, 1.165) is 12.1 Å². The van der Waals surface area contributed by atoms with E-state index >= 15 is 0 Å². The summed E-state index contributed by atoms with van der Waals surface area (Å²) in [6.07, 6.45) is -3.92. The number of amides is 1. The van der Waals surface area contributed by atoms with Crippen LogP contribution in [0.15, 0.2) is 24.3 Å². The molecule has 1 rings (SSSR count). The highest BCUT2D eigenvalue weighted by molar-refractivity contribution is 5.81. The molecule has 0 saturated carbocycles. The standard InChI is InChI=1S/C14H19F3N2O/c1-9(18)12(20)19-13(2,3)8-10-4-6-11(7-5-10)14(15,16)17/h4-7,9H,8,18H2,1-3H3,(H,19,20). The molecular weight excluding hydrogens is 269 g/mol. The van der Waals surface area contributed by atoms with Crippen LogP contribution in [0.3, 0.4) is 0 Å². The van der Waals surface area contributed by atoms with Gasteiger partial charge in [0, 0.05) is 5.54 Å². The molecular formula is C14H19F3N2O. The second kappa shape index (κ2) is 5.83. The highest BCUT2D eigenvalue weighted by Crippen LogP contribution is 2.29. The van der Waals surface area contributed by atoms with Crippen molar-refractivity contribution in [3.63, 3.8) is 0 Å². The van der Waals surface area contributed by atoms with Gasteiger partial charge in [-0.05, 0) is 44.9 Å². The monoisotopic (exact) mass is 288 g/mol. The number of benzene rings is 1. The first kappa shape index (κ1) is 16.5. The van der Waals surface area contributed by atoms with Crippen molar-refractivity contribution in [3.8, 4) is 0 Å². The summed E-state index contributed by atoms with van der Waals surface area (Å²) in [6.45, 7) is 5.17. The summed E-state index contributed by atoms with van der Waals surface area (Å²) in [6, 6.07) is 4.30. The van der Waals surface area contributed by atoms with Crippen molar-refractivity contribution < 1.29 is 18.0 Å². The van der Waals surface area contributed by atoms with Crippen LogP contribution in [0.25, 0.3) is 0 Å². The molecule has 0 heterocycles. The van der Waals surface area contributed by atoms with Crippen LogP contribution in [-0.2, 0) is 17.4 Å². The highest BCUT2D eigenvalue weighted by atomic mass is 19.4. The van der Waals surface area contributed by atoms with Gasteiger partial charge < -0.3 is 11.1 Å². The average molecular weight is 288 g/mol. The number of nitrogens with one attached hydrogen (secondary N) is 1. The predicted molar refractivity (Wildman–Crippen MR) is 71.0 cm³/mol. The normalized spacial score (nSPS) is 13.9. The molecule has 3 N–H and O–H groups in total. The molecule has 1 aromatic carbocycles. The lowest BCUT2D eigenvalue weighted by atomic mass is 9.94. The summed E-state index contributed by atoms with van der Waals surface area (Å²) in [5.74, 6) is -0.290. The molecule has 20 heavy (non-hydrogen) atoms. The summed E-state index contributed by atoms with van der Waals surface area (Å²) in [5, 5.41) is 2.76. The predicted octanol–water partition coefficient (Wildman–Crippen LogP) is 2.49. The molecule has 1 atom stereocenters. The molecule has 0 spiro atoms. The maximum absolute atomic E-state index is 12.4. The van der Waals surface area contributed by atoms with Crippen molar-refractivity contribution in [2.24, 2.45) is 5.73 Å². The second-order valence-electron chi connectivity index (χ2n) is 5.53. The van der Waals surface area contributed by atoms with Gasteiger partial charge >= 0.3 is 6.18 Å². The SMILES string of the molecule is CC(N)C(=O)NC(C)(C)Cc1ccc(C(F)(F)F)cc1. The largest absolute Gasteiger partial charge is 0.416 e. The molecule has 0 radical (unpaired) electrons. The van der Waals surface area contributed by atoms with Crippen molar-refractivity contribution in [2.45, 2.75) is 44.9 Å². The van der Waals surface area contributed by atoms with Gasteiger partial charge in [0.05, 0.1) is 11.6 Å². The van der Waals surface area contributed by atoms with E-state index < -0.39 is 23.3 Å². The van der Waals surface area contributed by atoms with Crippen molar-refractivity contribution in [1.29, 1.82) is 0 Å². The Kier molecular flexibility index (Phi) is 4.81.